The van der Waals surface area contributed by atoms with E-state index in [0.29, 0.717) is 17.5 Å². The maximum absolute atomic E-state index is 11.2. The number of anilines is 4. The van der Waals surface area contributed by atoms with Crippen molar-refractivity contribution < 1.29 is 9.90 Å². The highest BCUT2D eigenvalue weighted by atomic mass is 16.4. The Bertz CT molecular complexity index is 1000. The Morgan fingerprint density at radius 2 is 1.96 bits per heavy atom. The average molecular weight is 360 g/mol. The second-order valence-electron chi connectivity index (χ2n) is 6.59. The molecule has 136 valence electrons. The summed E-state index contributed by atoms with van der Waals surface area (Å²) in [6.45, 7) is 2.80. The zero-order chi connectivity index (χ0) is 18.8. The van der Waals surface area contributed by atoms with Crippen LogP contribution in [0.2, 0.25) is 0 Å². The first-order chi connectivity index (χ1) is 13.1. The van der Waals surface area contributed by atoms with Gasteiger partial charge in [0.25, 0.3) is 0 Å². The fraction of sp³-hybridized carbons (Fsp3) is 0.190. The number of aryl methyl sites for hydroxylation is 2. The number of carboxylic acid groups (broad SMARTS) is 1. The van der Waals surface area contributed by atoms with Crippen LogP contribution < -0.4 is 10.2 Å². The van der Waals surface area contributed by atoms with Crippen molar-refractivity contribution in [2.24, 2.45) is 0 Å². The molecule has 0 saturated carbocycles. The zero-order valence-corrected chi connectivity index (χ0v) is 15.0. The van der Waals surface area contributed by atoms with Crippen LogP contribution >= 0.6 is 0 Å². The topological polar surface area (TPSA) is 78.3 Å². The van der Waals surface area contributed by atoms with E-state index in [1.807, 2.05) is 25.1 Å². The van der Waals surface area contributed by atoms with Gasteiger partial charge in [0.2, 0.25) is 5.95 Å². The summed E-state index contributed by atoms with van der Waals surface area (Å²) in [5.74, 6) is 0.338. The molecule has 4 rings (SSSR count). The monoisotopic (exact) mass is 360 g/mol. The van der Waals surface area contributed by atoms with Crippen LogP contribution in [0.15, 0.2) is 54.6 Å². The van der Waals surface area contributed by atoms with Gasteiger partial charge in [-0.1, -0.05) is 24.3 Å². The molecular weight excluding hydrogens is 340 g/mol. The van der Waals surface area contributed by atoms with Crippen molar-refractivity contribution >= 4 is 29.1 Å². The van der Waals surface area contributed by atoms with Crippen molar-refractivity contribution in [3.8, 4) is 0 Å². The highest BCUT2D eigenvalue weighted by Crippen LogP contribution is 2.32. The molecule has 6 heteroatoms. The second kappa shape index (κ2) is 7.07. The third kappa shape index (κ3) is 3.60. The van der Waals surface area contributed by atoms with Crippen LogP contribution in [0.25, 0.3) is 0 Å². The lowest BCUT2D eigenvalue weighted by Gasteiger charge is -2.29. The number of hydrogen-bond acceptors (Lipinski definition) is 5. The molecule has 2 heterocycles. The van der Waals surface area contributed by atoms with Crippen molar-refractivity contribution in [3.05, 3.63) is 71.4 Å². The third-order valence-corrected chi connectivity index (χ3v) is 4.58. The largest absolute Gasteiger partial charge is 0.478 e. The van der Waals surface area contributed by atoms with E-state index in [1.165, 1.54) is 5.56 Å². The molecule has 6 nitrogen and oxygen atoms in total. The van der Waals surface area contributed by atoms with Gasteiger partial charge in [0.15, 0.2) is 0 Å². The number of carbonyl (C=O) groups is 1. The number of benzene rings is 2. The maximum atomic E-state index is 11.2. The maximum Gasteiger partial charge on any atom is 0.335 e. The zero-order valence-electron chi connectivity index (χ0n) is 15.0. The Kier molecular flexibility index (Phi) is 4.46. The molecule has 1 aliphatic heterocycles. The first-order valence-electron chi connectivity index (χ1n) is 8.92. The SMILES string of the molecule is Cc1cc(Nc2cccc(C(=O)O)c2)nc(N2CCCc3ccccc32)n1. The second-order valence-corrected chi connectivity index (χ2v) is 6.59. The van der Waals surface area contributed by atoms with Crippen LogP contribution in [0, 0.1) is 6.92 Å². The summed E-state index contributed by atoms with van der Waals surface area (Å²) in [5, 5.41) is 12.4. The first-order valence-corrected chi connectivity index (χ1v) is 8.92. The molecule has 0 amide bonds. The average Bonchev–Trinajstić information content (AvgIpc) is 2.67. The van der Waals surface area contributed by atoms with Gasteiger partial charge < -0.3 is 15.3 Å². The lowest BCUT2D eigenvalue weighted by molar-refractivity contribution is 0.0697. The van der Waals surface area contributed by atoms with E-state index in [-0.39, 0.29) is 5.56 Å². The van der Waals surface area contributed by atoms with Crippen LogP contribution in [0.4, 0.5) is 23.1 Å². The van der Waals surface area contributed by atoms with Crippen LogP contribution in [-0.4, -0.2) is 27.6 Å². The van der Waals surface area contributed by atoms with Gasteiger partial charge in [0, 0.05) is 29.7 Å². The number of nitrogens with zero attached hydrogens (tertiary/aromatic N) is 3. The summed E-state index contributed by atoms with van der Waals surface area (Å²) in [6, 6.07) is 16.9. The minimum Gasteiger partial charge on any atom is -0.478 e. The van der Waals surface area contributed by atoms with Crippen LogP contribution in [-0.2, 0) is 6.42 Å². The normalized spacial score (nSPS) is 13.1. The number of para-hydroxylation sites is 1. The molecule has 0 unspecified atom stereocenters. The van der Waals surface area contributed by atoms with E-state index in [0.717, 1.165) is 30.8 Å². The van der Waals surface area contributed by atoms with Gasteiger partial charge in [0.05, 0.1) is 5.56 Å². The van der Waals surface area contributed by atoms with Crippen LogP contribution in [0.3, 0.4) is 0 Å². The summed E-state index contributed by atoms with van der Waals surface area (Å²) in [5.41, 5.74) is 4.21. The number of hydrogen-bond donors (Lipinski definition) is 2. The molecular formula is C21H20N4O2. The molecule has 0 fully saturated rings. The van der Waals surface area contributed by atoms with Gasteiger partial charge in [-0.25, -0.2) is 9.78 Å². The summed E-state index contributed by atoms with van der Waals surface area (Å²) in [7, 11) is 0. The van der Waals surface area contributed by atoms with Gasteiger partial charge in [-0.15, -0.1) is 0 Å². The van der Waals surface area contributed by atoms with Gasteiger partial charge in [0.1, 0.15) is 5.82 Å². The fourth-order valence-corrected chi connectivity index (χ4v) is 3.36. The van der Waals surface area contributed by atoms with Crippen molar-refractivity contribution in [2.75, 3.05) is 16.8 Å². The van der Waals surface area contributed by atoms with E-state index in [4.69, 9.17) is 5.11 Å². The van der Waals surface area contributed by atoms with Gasteiger partial charge >= 0.3 is 5.97 Å². The Hall–Kier alpha value is -3.41. The third-order valence-electron chi connectivity index (χ3n) is 4.58. The Morgan fingerprint density at radius 3 is 2.81 bits per heavy atom. The van der Waals surface area contributed by atoms with Crippen LogP contribution in [0.5, 0.6) is 0 Å². The van der Waals surface area contributed by atoms with Crippen LogP contribution in [0.1, 0.15) is 28.0 Å². The molecule has 1 aliphatic rings. The molecule has 2 aromatic carbocycles. The van der Waals surface area contributed by atoms with Crippen molar-refractivity contribution in [2.45, 2.75) is 19.8 Å². The van der Waals surface area contributed by atoms with Crippen molar-refractivity contribution in [3.63, 3.8) is 0 Å². The molecule has 2 N–H and O–H groups in total. The predicted molar refractivity (Wildman–Crippen MR) is 105 cm³/mol. The van der Waals surface area contributed by atoms with Gasteiger partial charge in [-0.2, -0.15) is 4.98 Å². The molecule has 0 saturated heterocycles. The Morgan fingerprint density at radius 1 is 1.11 bits per heavy atom. The van der Waals surface area contributed by atoms with Gasteiger partial charge in [-0.3, -0.25) is 0 Å². The molecule has 0 spiro atoms. The molecule has 27 heavy (non-hydrogen) atoms. The Balaban J connectivity index is 1.67. The number of aromatic carboxylic acids is 1. The molecule has 1 aromatic heterocycles. The summed E-state index contributed by atoms with van der Waals surface area (Å²) in [6.07, 6.45) is 2.11. The number of nitrogens with one attached hydrogen (secondary N) is 1. The van der Waals surface area contributed by atoms with Crippen molar-refractivity contribution in [1.82, 2.24) is 9.97 Å². The quantitative estimate of drug-likeness (QED) is 0.722. The van der Waals surface area contributed by atoms with E-state index < -0.39 is 5.97 Å². The highest BCUT2D eigenvalue weighted by molar-refractivity contribution is 5.89. The number of rotatable bonds is 4. The van der Waals surface area contributed by atoms with Crippen molar-refractivity contribution in [1.29, 1.82) is 0 Å². The standard InChI is InChI=1S/C21H20N4O2/c1-14-12-19(23-17-9-4-7-16(13-17)20(26)27)24-21(22-14)25-11-5-8-15-6-2-3-10-18(15)25/h2-4,6-7,9-10,12-13H,5,8,11H2,1H3,(H,26,27)(H,22,23,24). The lowest BCUT2D eigenvalue weighted by atomic mass is 10.0. The van der Waals surface area contributed by atoms with E-state index >= 15 is 0 Å². The smallest absolute Gasteiger partial charge is 0.335 e. The number of fused-ring (bicyclic) bond motifs is 1. The van der Waals surface area contributed by atoms with E-state index in [2.05, 4.69) is 38.4 Å². The molecule has 0 bridgehead atoms. The predicted octanol–water partition coefficient (Wildman–Crippen LogP) is 4.31. The molecule has 3 aromatic rings. The summed E-state index contributed by atoms with van der Waals surface area (Å²) in [4.78, 5) is 22.6. The minimum atomic E-state index is -0.955. The summed E-state index contributed by atoms with van der Waals surface area (Å²) >= 11 is 0. The summed E-state index contributed by atoms with van der Waals surface area (Å²) < 4.78 is 0. The highest BCUT2D eigenvalue weighted by Gasteiger charge is 2.20. The fourth-order valence-electron chi connectivity index (χ4n) is 3.36. The molecule has 0 radical (unpaired) electrons. The first kappa shape index (κ1) is 17.0. The minimum absolute atomic E-state index is 0.232. The molecule has 0 aliphatic carbocycles. The number of carboxylic acids is 1. The molecule has 0 atom stereocenters. The van der Waals surface area contributed by atoms with E-state index in [9.17, 15) is 4.79 Å². The lowest BCUT2D eigenvalue weighted by Crippen LogP contribution is -2.26. The van der Waals surface area contributed by atoms with Gasteiger partial charge in [-0.05, 0) is 49.6 Å². The number of aromatic nitrogens is 2. The van der Waals surface area contributed by atoms with E-state index in [1.54, 1.807) is 18.2 Å². The Labute approximate surface area is 157 Å².